The van der Waals surface area contributed by atoms with E-state index in [1.165, 1.54) is 19.3 Å². The average Bonchev–Trinajstić information content (AvgIpc) is 2.50. The molecule has 0 saturated carbocycles. The topological polar surface area (TPSA) is 21.3 Å². The average molecular weight is 157 g/mol. The van der Waals surface area contributed by atoms with Gasteiger partial charge >= 0.3 is 0 Å². The Morgan fingerprint density at radius 2 is 2.27 bits per heavy atom. The summed E-state index contributed by atoms with van der Waals surface area (Å²) in [5.74, 6) is 0. The van der Waals surface area contributed by atoms with Gasteiger partial charge in [0.15, 0.2) is 0 Å². The lowest BCUT2D eigenvalue weighted by Crippen LogP contribution is -2.40. The van der Waals surface area contributed by atoms with Crippen LogP contribution in [0, 0.1) is 0 Å². The van der Waals surface area contributed by atoms with Crippen LogP contribution in [0.3, 0.4) is 0 Å². The van der Waals surface area contributed by atoms with Gasteiger partial charge in [0.2, 0.25) is 0 Å². The third kappa shape index (κ3) is 2.17. The van der Waals surface area contributed by atoms with Gasteiger partial charge in [-0.2, -0.15) is 0 Å². The Morgan fingerprint density at radius 1 is 1.45 bits per heavy atom. The van der Waals surface area contributed by atoms with Crippen LogP contribution in [0.1, 0.15) is 39.5 Å². The molecule has 1 saturated heterocycles. The van der Waals surface area contributed by atoms with Gasteiger partial charge in [-0.25, -0.2) is 0 Å². The van der Waals surface area contributed by atoms with E-state index in [1.807, 2.05) is 0 Å². The lowest BCUT2D eigenvalue weighted by atomic mass is 10.0. The Kier molecular flexibility index (Phi) is 3.34. The molecule has 1 aliphatic heterocycles. The summed E-state index contributed by atoms with van der Waals surface area (Å²) >= 11 is 0. The molecule has 66 valence electrons. The van der Waals surface area contributed by atoms with E-state index in [9.17, 15) is 0 Å². The largest absolute Gasteiger partial charge is 0.359 e. The molecular weight excluding hydrogens is 138 g/mol. The predicted octanol–water partition coefficient (Wildman–Crippen LogP) is 1.90. The summed E-state index contributed by atoms with van der Waals surface area (Å²) in [6.45, 7) is 6.32. The van der Waals surface area contributed by atoms with Gasteiger partial charge in [0, 0.05) is 6.54 Å². The first-order valence-corrected chi connectivity index (χ1v) is 4.72. The molecule has 1 unspecified atom stereocenters. The first-order valence-electron chi connectivity index (χ1n) is 4.72. The molecule has 2 heteroatoms. The second-order valence-corrected chi connectivity index (χ2v) is 3.23. The predicted molar refractivity (Wildman–Crippen MR) is 46.5 cm³/mol. The van der Waals surface area contributed by atoms with E-state index in [0.29, 0.717) is 0 Å². The van der Waals surface area contributed by atoms with Crippen molar-refractivity contribution < 1.29 is 4.74 Å². The minimum absolute atomic E-state index is 0.0377. The van der Waals surface area contributed by atoms with Crippen molar-refractivity contribution in [1.29, 1.82) is 0 Å². The van der Waals surface area contributed by atoms with Crippen molar-refractivity contribution in [1.82, 2.24) is 5.32 Å². The Balaban J connectivity index is 2.33. The van der Waals surface area contributed by atoms with E-state index in [-0.39, 0.29) is 5.72 Å². The molecule has 1 N–H and O–H groups in total. The van der Waals surface area contributed by atoms with Crippen LogP contribution >= 0.6 is 0 Å². The highest BCUT2D eigenvalue weighted by atomic mass is 16.5. The van der Waals surface area contributed by atoms with Crippen molar-refractivity contribution >= 4 is 0 Å². The summed E-state index contributed by atoms with van der Waals surface area (Å²) in [5, 5.41) is 3.43. The SMILES string of the molecule is CCCCC1(CC)NCCO1. The molecule has 1 heterocycles. The fraction of sp³-hybridized carbons (Fsp3) is 1.00. The normalized spacial score (nSPS) is 31.1. The van der Waals surface area contributed by atoms with Crippen molar-refractivity contribution in [3.8, 4) is 0 Å². The zero-order valence-electron chi connectivity index (χ0n) is 7.65. The third-order valence-electron chi connectivity index (χ3n) is 2.43. The summed E-state index contributed by atoms with van der Waals surface area (Å²) in [7, 11) is 0. The fourth-order valence-electron chi connectivity index (χ4n) is 1.60. The van der Waals surface area contributed by atoms with Crippen molar-refractivity contribution in [2.45, 2.75) is 45.3 Å². The molecule has 1 atom stereocenters. The van der Waals surface area contributed by atoms with Gasteiger partial charge in [-0.05, 0) is 19.3 Å². The maximum absolute atomic E-state index is 5.68. The fourth-order valence-corrected chi connectivity index (χ4v) is 1.60. The summed E-state index contributed by atoms with van der Waals surface area (Å²) in [5.41, 5.74) is 0.0377. The van der Waals surface area contributed by atoms with Crippen LogP contribution in [0.2, 0.25) is 0 Å². The van der Waals surface area contributed by atoms with Gasteiger partial charge in [0.05, 0.1) is 6.61 Å². The highest BCUT2D eigenvalue weighted by Gasteiger charge is 2.31. The summed E-state index contributed by atoms with van der Waals surface area (Å²) in [6.07, 6.45) is 4.78. The van der Waals surface area contributed by atoms with Gasteiger partial charge in [-0.15, -0.1) is 0 Å². The lowest BCUT2D eigenvalue weighted by Gasteiger charge is -2.26. The number of nitrogens with one attached hydrogen (secondary N) is 1. The van der Waals surface area contributed by atoms with Gasteiger partial charge in [-0.1, -0.05) is 20.3 Å². The molecule has 2 nitrogen and oxygen atoms in total. The van der Waals surface area contributed by atoms with Crippen molar-refractivity contribution in [3.05, 3.63) is 0 Å². The van der Waals surface area contributed by atoms with E-state index < -0.39 is 0 Å². The maximum Gasteiger partial charge on any atom is 0.119 e. The number of hydrogen-bond donors (Lipinski definition) is 1. The highest BCUT2D eigenvalue weighted by molar-refractivity contribution is 4.80. The molecule has 1 aliphatic rings. The number of rotatable bonds is 4. The molecule has 0 radical (unpaired) electrons. The van der Waals surface area contributed by atoms with Crippen LogP contribution in [0.4, 0.5) is 0 Å². The number of ether oxygens (including phenoxy) is 1. The zero-order chi connectivity index (χ0) is 8.16. The molecule has 11 heavy (non-hydrogen) atoms. The van der Waals surface area contributed by atoms with Crippen molar-refractivity contribution in [2.24, 2.45) is 0 Å². The Bertz CT molecular complexity index is 108. The highest BCUT2D eigenvalue weighted by Crippen LogP contribution is 2.23. The molecule has 0 spiro atoms. The van der Waals surface area contributed by atoms with Gasteiger partial charge in [0.25, 0.3) is 0 Å². The van der Waals surface area contributed by atoms with Crippen LogP contribution in [0.15, 0.2) is 0 Å². The van der Waals surface area contributed by atoms with E-state index in [4.69, 9.17) is 4.74 Å². The summed E-state index contributed by atoms with van der Waals surface area (Å²) < 4.78 is 5.68. The summed E-state index contributed by atoms with van der Waals surface area (Å²) in [4.78, 5) is 0. The van der Waals surface area contributed by atoms with Crippen LogP contribution < -0.4 is 5.32 Å². The molecule has 0 aliphatic carbocycles. The first-order chi connectivity index (χ1) is 5.33. The first kappa shape index (κ1) is 9.01. The number of hydrogen-bond acceptors (Lipinski definition) is 2. The minimum Gasteiger partial charge on any atom is -0.359 e. The molecular formula is C9H19NO. The third-order valence-corrected chi connectivity index (χ3v) is 2.43. The summed E-state index contributed by atoms with van der Waals surface area (Å²) in [6, 6.07) is 0. The zero-order valence-corrected chi connectivity index (χ0v) is 7.65. The van der Waals surface area contributed by atoms with Crippen molar-refractivity contribution in [2.75, 3.05) is 13.2 Å². The number of unbranched alkanes of at least 4 members (excludes halogenated alkanes) is 1. The Labute approximate surface area is 69.3 Å². The second kappa shape index (κ2) is 4.07. The lowest BCUT2D eigenvalue weighted by molar-refractivity contribution is -0.0215. The van der Waals surface area contributed by atoms with Crippen LogP contribution in [-0.4, -0.2) is 18.9 Å². The molecule has 0 amide bonds. The van der Waals surface area contributed by atoms with Gasteiger partial charge in [0.1, 0.15) is 5.72 Å². The quantitative estimate of drug-likeness (QED) is 0.673. The van der Waals surface area contributed by atoms with E-state index in [2.05, 4.69) is 19.2 Å². The smallest absolute Gasteiger partial charge is 0.119 e. The van der Waals surface area contributed by atoms with Crippen LogP contribution in [0.25, 0.3) is 0 Å². The monoisotopic (exact) mass is 157 g/mol. The molecule has 0 aromatic heterocycles. The minimum atomic E-state index is 0.0377. The molecule has 0 bridgehead atoms. The van der Waals surface area contributed by atoms with Crippen molar-refractivity contribution in [3.63, 3.8) is 0 Å². The molecule has 0 aromatic carbocycles. The van der Waals surface area contributed by atoms with Gasteiger partial charge < -0.3 is 4.74 Å². The second-order valence-electron chi connectivity index (χ2n) is 3.23. The molecule has 1 rings (SSSR count). The maximum atomic E-state index is 5.68. The van der Waals surface area contributed by atoms with Crippen LogP contribution in [-0.2, 0) is 4.74 Å². The van der Waals surface area contributed by atoms with E-state index in [1.54, 1.807) is 0 Å². The van der Waals surface area contributed by atoms with Gasteiger partial charge in [-0.3, -0.25) is 5.32 Å². The molecule has 0 aromatic rings. The molecule has 1 fully saturated rings. The van der Waals surface area contributed by atoms with E-state index in [0.717, 1.165) is 19.6 Å². The Morgan fingerprint density at radius 3 is 2.73 bits per heavy atom. The van der Waals surface area contributed by atoms with E-state index >= 15 is 0 Å². The standard InChI is InChI=1S/C9H19NO/c1-3-5-6-9(4-2)10-7-8-11-9/h10H,3-8H2,1-2H3. The Hall–Kier alpha value is -0.0800. The van der Waals surface area contributed by atoms with Crippen LogP contribution in [0.5, 0.6) is 0 Å².